The maximum absolute atomic E-state index is 13.0. The molecule has 0 aliphatic carbocycles. The van der Waals surface area contributed by atoms with Crippen LogP contribution in [0.25, 0.3) is 0 Å². The van der Waals surface area contributed by atoms with Crippen LogP contribution in [0, 0.1) is 11.8 Å². The first-order valence-corrected chi connectivity index (χ1v) is 12.0. The summed E-state index contributed by atoms with van der Waals surface area (Å²) in [6.45, 7) is 8.84. The van der Waals surface area contributed by atoms with Gasteiger partial charge in [-0.1, -0.05) is 52.0 Å². The fourth-order valence-corrected chi connectivity index (χ4v) is 4.42. The first kappa shape index (κ1) is 25.4. The number of hydrogen-bond acceptors (Lipinski definition) is 5. The lowest BCUT2D eigenvalue weighted by molar-refractivity contribution is -0.135. The van der Waals surface area contributed by atoms with E-state index in [1.807, 2.05) is 27.7 Å². The van der Waals surface area contributed by atoms with Crippen LogP contribution in [0.2, 0.25) is 0 Å². The second-order valence-electron chi connectivity index (χ2n) is 8.50. The number of sulfonamides is 1. The van der Waals surface area contributed by atoms with E-state index in [-0.39, 0.29) is 34.8 Å². The van der Waals surface area contributed by atoms with Crippen molar-refractivity contribution < 1.29 is 22.7 Å². The van der Waals surface area contributed by atoms with E-state index in [9.17, 15) is 18.0 Å². The average molecular weight is 461 g/mol. The van der Waals surface area contributed by atoms with Crippen LogP contribution in [0.3, 0.4) is 0 Å². The van der Waals surface area contributed by atoms with Crippen LogP contribution in [0.1, 0.15) is 38.1 Å². The van der Waals surface area contributed by atoms with Crippen LogP contribution < -0.4 is 4.31 Å². The van der Waals surface area contributed by atoms with Crippen LogP contribution in [0.15, 0.2) is 59.5 Å². The number of esters is 1. The second-order valence-corrected chi connectivity index (χ2v) is 10.5. The van der Waals surface area contributed by atoms with Crippen LogP contribution in [-0.2, 0) is 19.6 Å². The predicted octanol–water partition coefficient (Wildman–Crippen LogP) is 3.81. The molecule has 174 valence electrons. The summed E-state index contributed by atoms with van der Waals surface area (Å²) in [6.07, 6.45) is 0. The van der Waals surface area contributed by atoms with Crippen LogP contribution in [0.4, 0.5) is 5.69 Å². The quantitative estimate of drug-likeness (QED) is 0.504. The molecule has 2 aromatic carbocycles. The molecule has 0 aliphatic rings. The molecule has 1 amide bonds. The van der Waals surface area contributed by atoms with Crippen molar-refractivity contribution in [3.63, 3.8) is 0 Å². The molecule has 0 unspecified atom stereocenters. The molecule has 0 heterocycles. The Hall–Kier alpha value is -2.87. The standard InChI is InChI=1S/C24H32N2O5S/c1-18(2)15-26(16-19(3)4)23(27)17-31-24(28)20-10-9-13-22(14-20)32(29,30)25(5)21-11-7-6-8-12-21/h6-14,18-19H,15-17H2,1-5H3. The molecular weight excluding hydrogens is 428 g/mol. The van der Waals surface area contributed by atoms with E-state index >= 15 is 0 Å². The lowest BCUT2D eigenvalue weighted by atomic mass is 10.1. The van der Waals surface area contributed by atoms with Gasteiger partial charge in [0.05, 0.1) is 16.1 Å². The Morgan fingerprint density at radius 2 is 1.50 bits per heavy atom. The highest BCUT2D eigenvalue weighted by Gasteiger charge is 2.23. The van der Waals surface area contributed by atoms with Crippen molar-refractivity contribution in [2.75, 3.05) is 31.0 Å². The summed E-state index contributed by atoms with van der Waals surface area (Å²) >= 11 is 0. The molecule has 8 heteroatoms. The van der Waals surface area contributed by atoms with Crippen molar-refractivity contribution in [2.24, 2.45) is 11.8 Å². The molecule has 0 spiro atoms. The van der Waals surface area contributed by atoms with Gasteiger partial charge in [-0.3, -0.25) is 9.10 Å². The first-order chi connectivity index (χ1) is 15.0. The van der Waals surface area contributed by atoms with Crippen molar-refractivity contribution in [1.29, 1.82) is 0 Å². The SMILES string of the molecule is CC(C)CN(CC(C)C)C(=O)COC(=O)c1cccc(S(=O)(=O)N(C)c2ccccc2)c1. The number of carbonyl (C=O) groups is 2. The number of rotatable bonds is 10. The molecule has 2 aromatic rings. The fourth-order valence-electron chi connectivity index (χ4n) is 3.18. The summed E-state index contributed by atoms with van der Waals surface area (Å²) in [5.74, 6) is -0.436. The largest absolute Gasteiger partial charge is 0.452 e. The van der Waals surface area contributed by atoms with Crippen molar-refractivity contribution in [3.8, 4) is 0 Å². The second kappa shape index (κ2) is 11.1. The summed E-state index contributed by atoms with van der Waals surface area (Å²) in [6, 6.07) is 14.3. The number of nitrogens with zero attached hydrogens (tertiary/aromatic N) is 2. The molecule has 0 bridgehead atoms. The van der Waals surface area contributed by atoms with E-state index in [4.69, 9.17) is 4.74 Å². The Morgan fingerprint density at radius 1 is 0.906 bits per heavy atom. The summed E-state index contributed by atoms with van der Waals surface area (Å²) < 4.78 is 32.3. The summed E-state index contributed by atoms with van der Waals surface area (Å²) in [5.41, 5.74) is 0.570. The Kier molecular flexibility index (Phi) is 8.83. The van der Waals surface area contributed by atoms with Gasteiger partial charge in [-0.05, 0) is 42.2 Å². The number of benzene rings is 2. The van der Waals surface area contributed by atoms with Gasteiger partial charge in [0.15, 0.2) is 6.61 Å². The third-order valence-corrected chi connectivity index (χ3v) is 6.48. The van der Waals surface area contributed by atoms with Crippen LogP contribution >= 0.6 is 0 Å². The number of para-hydroxylation sites is 1. The van der Waals surface area contributed by atoms with Crippen molar-refractivity contribution in [3.05, 3.63) is 60.2 Å². The Morgan fingerprint density at radius 3 is 2.06 bits per heavy atom. The van der Waals surface area contributed by atoms with E-state index in [0.717, 1.165) is 4.31 Å². The molecule has 32 heavy (non-hydrogen) atoms. The molecule has 0 radical (unpaired) electrons. The van der Waals surface area contributed by atoms with Gasteiger partial charge < -0.3 is 9.64 Å². The van der Waals surface area contributed by atoms with E-state index in [2.05, 4.69) is 0 Å². The normalized spacial score (nSPS) is 11.5. The first-order valence-electron chi connectivity index (χ1n) is 10.6. The number of hydrogen-bond donors (Lipinski definition) is 0. The highest BCUT2D eigenvalue weighted by Crippen LogP contribution is 2.22. The van der Waals surface area contributed by atoms with Gasteiger partial charge in [0, 0.05) is 20.1 Å². The molecule has 0 atom stereocenters. The van der Waals surface area contributed by atoms with Crippen molar-refractivity contribution in [2.45, 2.75) is 32.6 Å². The van der Waals surface area contributed by atoms with Crippen molar-refractivity contribution in [1.82, 2.24) is 4.90 Å². The van der Waals surface area contributed by atoms with Gasteiger partial charge >= 0.3 is 5.97 Å². The number of amides is 1. The third-order valence-electron chi connectivity index (χ3n) is 4.70. The molecule has 0 fully saturated rings. The lowest BCUT2D eigenvalue weighted by Crippen LogP contribution is -2.39. The third kappa shape index (κ3) is 6.82. The molecular formula is C24H32N2O5S. The monoisotopic (exact) mass is 460 g/mol. The van der Waals surface area contributed by atoms with E-state index in [0.29, 0.717) is 18.8 Å². The van der Waals surface area contributed by atoms with E-state index in [1.165, 1.54) is 31.3 Å². The fraction of sp³-hybridized carbons (Fsp3) is 0.417. The average Bonchev–Trinajstić information content (AvgIpc) is 2.76. The minimum absolute atomic E-state index is 0.0362. The predicted molar refractivity (Wildman–Crippen MR) is 125 cm³/mol. The zero-order chi connectivity index (χ0) is 23.9. The van der Waals surface area contributed by atoms with Gasteiger partial charge in [0.1, 0.15) is 0 Å². The van der Waals surface area contributed by atoms with Crippen LogP contribution in [0.5, 0.6) is 0 Å². The van der Waals surface area contributed by atoms with E-state index in [1.54, 1.807) is 35.2 Å². The topological polar surface area (TPSA) is 84.0 Å². The summed E-state index contributed by atoms with van der Waals surface area (Å²) in [5, 5.41) is 0. The smallest absolute Gasteiger partial charge is 0.338 e. The van der Waals surface area contributed by atoms with Gasteiger partial charge in [0.25, 0.3) is 15.9 Å². The van der Waals surface area contributed by atoms with Gasteiger partial charge in [0.2, 0.25) is 0 Å². The van der Waals surface area contributed by atoms with Gasteiger partial charge in [-0.2, -0.15) is 0 Å². The molecule has 0 aromatic heterocycles. The summed E-state index contributed by atoms with van der Waals surface area (Å²) in [4.78, 5) is 26.8. The highest BCUT2D eigenvalue weighted by molar-refractivity contribution is 7.92. The van der Waals surface area contributed by atoms with Crippen LogP contribution in [-0.4, -0.2) is 51.9 Å². The zero-order valence-electron chi connectivity index (χ0n) is 19.3. The molecule has 0 saturated heterocycles. The molecule has 7 nitrogen and oxygen atoms in total. The summed E-state index contributed by atoms with van der Waals surface area (Å²) in [7, 11) is -2.42. The molecule has 0 aliphatic heterocycles. The lowest BCUT2D eigenvalue weighted by Gasteiger charge is -2.26. The van der Waals surface area contributed by atoms with Crippen molar-refractivity contribution >= 4 is 27.6 Å². The Labute approximate surface area is 191 Å². The van der Waals surface area contributed by atoms with Gasteiger partial charge in [-0.15, -0.1) is 0 Å². The number of carbonyl (C=O) groups excluding carboxylic acids is 2. The van der Waals surface area contributed by atoms with Gasteiger partial charge in [-0.25, -0.2) is 13.2 Å². The molecule has 2 rings (SSSR count). The number of anilines is 1. The molecule has 0 N–H and O–H groups in total. The number of ether oxygens (including phenoxy) is 1. The minimum atomic E-state index is -3.87. The zero-order valence-corrected chi connectivity index (χ0v) is 20.1. The Bertz CT molecular complexity index is 1010. The molecule has 0 saturated carbocycles. The maximum atomic E-state index is 13.0. The highest BCUT2D eigenvalue weighted by atomic mass is 32.2. The maximum Gasteiger partial charge on any atom is 0.338 e. The Balaban J connectivity index is 2.12. The minimum Gasteiger partial charge on any atom is -0.452 e. The van der Waals surface area contributed by atoms with E-state index < -0.39 is 16.0 Å².